The Hall–Kier alpha value is -2.79. The molecule has 5 nitrogen and oxygen atoms in total. The van der Waals surface area contributed by atoms with Crippen LogP contribution in [0.5, 0.6) is 5.75 Å². The summed E-state index contributed by atoms with van der Waals surface area (Å²) in [5.74, 6) is 2.45. The van der Waals surface area contributed by atoms with E-state index in [2.05, 4.69) is 32.7 Å². The van der Waals surface area contributed by atoms with Gasteiger partial charge in [0.1, 0.15) is 23.7 Å². The Bertz CT molecular complexity index is 822. The van der Waals surface area contributed by atoms with Gasteiger partial charge in [0.05, 0.1) is 7.11 Å². The van der Waals surface area contributed by atoms with Crippen LogP contribution in [-0.2, 0) is 13.0 Å². The zero-order chi connectivity index (χ0) is 18.2. The van der Waals surface area contributed by atoms with E-state index in [-0.39, 0.29) is 0 Å². The van der Waals surface area contributed by atoms with E-state index in [1.54, 1.807) is 13.4 Å². The minimum atomic E-state index is 0.680. The van der Waals surface area contributed by atoms with E-state index in [0.717, 1.165) is 40.9 Å². The summed E-state index contributed by atoms with van der Waals surface area (Å²) < 4.78 is 5.17. The summed E-state index contributed by atoms with van der Waals surface area (Å²) in [5, 5.41) is 7.36. The fraction of sp³-hybridized carbons (Fsp3) is 0.200. The minimum absolute atomic E-state index is 0.680. The maximum Gasteiger partial charge on any atom is 0.131 e. The maximum atomic E-state index is 5.90. The number of anilines is 2. The van der Waals surface area contributed by atoms with Crippen LogP contribution in [0.3, 0.4) is 0 Å². The van der Waals surface area contributed by atoms with Crippen molar-refractivity contribution in [3.63, 3.8) is 0 Å². The van der Waals surface area contributed by atoms with Gasteiger partial charge in [0.15, 0.2) is 0 Å². The lowest BCUT2D eigenvalue weighted by Crippen LogP contribution is -2.08. The third kappa shape index (κ3) is 5.36. The molecule has 0 aliphatic carbocycles. The van der Waals surface area contributed by atoms with Crippen LogP contribution in [0.15, 0.2) is 60.9 Å². The molecular formula is C20H21ClN4O. The standard InChI is InChI=1S/C20H21ClN4O/c1-26-18-8-4-15(5-9-18)10-11-22-19-12-20(25-14-24-19)23-13-16-2-6-17(21)7-3-16/h2-9,12,14H,10-11,13H2,1H3,(H2,22,23,24,25). The first-order chi connectivity index (χ1) is 12.7. The molecule has 0 fully saturated rings. The smallest absolute Gasteiger partial charge is 0.131 e. The van der Waals surface area contributed by atoms with Crippen LogP contribution in [0.25, 0.3) is 0 Å². The van der Waals surface area contributed by atoms with Gasteiger partial charge in [-0.15, -0.1) is 0 Å². The van der Waals surface area contributed by atoms with Crippen molar-refractivity contribution in [2.45, 2.75) is 13.0 Å². The fourth-order valence-corrected chi connectivity index (χ4v) is 2.60. The number of nitrogens with zero attached hydrogens (tertiary/aromatic N) is 2. The molecule has 1 heterocycles. The van der Waals surface area contributed by atoms with Crippen LogP contribution in [0.1, 0.15) is 11.1 Å². The molecule has 2 N–H and O–H groups in total. The van der Waals surface area contributed by atoms with Gasteiger partial charge in [0, 0.05) is 24.2 Å². The number of ether oxygens (including phenoxy) is 1. The average Bonchev–Trinajstić information content (AvgIpc) is 2.68. The highest BCUT2D eigenvalue weighted by atomic mass is 35.5. The lowest BCUT2D eigenvalue weighted by molar-refractivity contribution is 0.414. The van der Waals surface area contributed by atoms with Crippen molar-refractivity contribution in [2.24, 2.45) is 0 Å². The monoisotopic (exact) mass is 368 g/mol. The average molecular weight is 369 g/mol. The Kier molecular flexibility index (Phi) is 6.28. The van der Waals surface area contributed by atoms with Crippen LogP contribution in [0.2, 0.25) is 5.02 Å². The van der Waals surface area contributed by atoms with Crippen LogP contribution in [0, 0.1) is 0 Å². The molecule has 0 bridgehead atoms. The van der Waals surface area contributed by atoms with E-state index in [9.17, 15) is 0 Å². The molecule has 26 heavy (non-hydrogen) atoms. The van der Waals surface area contributed by atoms with E-state index in [1.807, 2.05) is 42.5 Å². The molecule has 0 saturated carbocycles. The second-order valence-electron chi connectivity index (χ2n) is 5.79. The van der Waals surface area contributed by atoms with E-state index in [0.29, 0.717) is 6.54 Å². The van der Waals surface area contributed by atoms with Gasteiger partial charge in [0.2, 0.25) is 0 Å². The van der Waals surface area contributed by atoms with Crippen molar-refractivity contribution < 1.29 is 4.74 Å². The first-order valence-electron chi connectivity index (χ1n) is 8.40. The second-order valence-corrected chi connectivity index (χ2v) is 6.23. The van der Waals surface area contributed by atoms with Crippen LogP contribution in [-0.4, -0.2) is 23.6 Å². The Morgan fingerprint density at radius 2 is 1.54 bits per heavy atom. The molecule has 0 atom stereocenters. The Balaban J connectivity index is 1.49. The van der Waals surface area contributed by atoms with E-state index in [1.165, 1.54) is 5.56 Å². The maximum absolute atomic E-state index is 5.90. The summed E-state index contributed by atoms with van der Waals surface area (Å²) in [6.45, 7) is 1.47. The minimum Gasteiger partial charge on any atom is -0.497 e. The van der Waals surface area contributed by atoms with Crippen molar-refractivity contribution in [2.75, 3.05) is 24.3 Å². The quantitative estimate of drug-likeness (QED) is 0.617. The molecule has 3 rings (SSSR count). The van der Waals surface area contributed by atoms with Crippen molar-refractivity contribution in [3.8, 4) is 5.75 Å². The number of rotatable bonds is 8. The number of methoxy groups -OCH3 is 1. The highest BCUT2D eigenvalue weighted by molar-refractivity contribution is 6.30. The predicted octanol–water partition coefficient (Wildman–Crippen LogP) is 4.41. The van der Waals surface area contributed by atoms with Gasteiger partial charge in [-0.25, -0.2) is 9.97 Å². The molecule has 0 spiro atoms. The van der Waals surface area contributed by atoms with Crippen LogP contribution < -0.4 is 15.4 Å². The first-order valence-corrected chi connectivity index (χ1v) is 8.78. The van der Waals surface area contributed by atoms with Gasteiger partial charge in [-0.1, -0.05) is 35.9 Å². The molecule has 0 radical (unpaired) electrons. The first kappa shape index (κ1) is 18.0. The SMILES string of the molecule is COc1ccc(CCNc2cc(NCc3ccc(Cl)cc3)ncn2)cc1. The Morgan fingerprint density at radius 1 is 0.885 bits per heavy atom. The van der Waals surface area contributed by atoms with Crippen LogP contribution in [0.4, 0.5) is 11.6 Å². The Labute approximate surface area is 158 Å². The summed E-state index contributed by atoms with van der Waals surface area (Å²) in [6.07, 6.45) is 2.46. The lowest BCUT2D eigenvalue weighted by Gasteiger charge is -2.09. The summed E-state index contributed by atoms with van der Waals surface area (Å²) in [4.78, 5) is 8.52. The number of aromatic nitrogens is 2. The van der Waals surface area contributed by atoms with E-state index < -0.39 is 0 Å². The topological polar surface area (TPSA) is 59.1 Å². The second kappa shape index (κ2) is 9.06. The van der Waals surface area contributed by atoms with Gasteiger partial charge >= 0.3 is 0 Å². The van der Waals surface area contributed by atoms with Crippen molar-refractivity contribution in [1.29, 1.82) is 0 Å². The van der Waals surface area contributed by atoms with Gasteiger partial charge in [0.25, 0.3) is 0 Å². The van der Waals surface area contributed by atoms with Crippen molar-refractivity contribution in [3.05, 3.63) is 77.1 Å². The molecule has 1 aromatic heterocycles. The third-order valence-corrected chi connectivity index (χ3v) is 4.18. The van der Waals surface area contributed by atoms with Gasteiger partial charge in [-0.05, 0) is 41.8 Å². The van der Waals surface area contributed by atoms with E-state index >= 15 is 0 Å². The molecule has 134 valence electrons. The molecule has 0 unspecified atom stereocenters. The zero-order valence-corrected chi connectivity index (χ0v) is 15.3. The molecule has 0 aliphatic heterocycles. The van der Waals surface area contributed by atoms with E-state index in [4.69, 9.17) is 16.3 Å². The summed E-state index contributed by atoms with van der Waals surface area (Å²) in [6, 6.07) is 17.7. The van der Waals surface area contributed by atoms with Gasteiger partial charge in [-0.2, -0.15) is 0 Å². The van der Waals surface area contributed by atoms with Crippen LogP contribution >= 0.6 is 11.6 Å². The number of hydrogen-bond donors (Lipinski definition) is 2. The highest BCUT2D eigenvalue weighted by Crippen LogP contribution is 2.14. The largest absolute Gasteiger partial charge is 0.497 e. The third-order valence-electron chi connectivity index (χ3n) is 3.93. The molecular weight excluding hydrogens is 348 g/mol. The number of hydrogen-bond acceptors (Lipinski definition) is 5. The van der Waals surface area contributed by atoms with Crippen molar-refractivity contribution in [1.82, 2.24) is 9.97 Å². The molecule has 2 aromatic carbocycles. The highest BCUT2D eigenvalue weighted by Gasteiger charge is 2.00. The molecule has 0 amide bonds. The van der Waals surface area contributed by atoms with Crippen molar-refractivity contribution >= 4 is 23.2 Å². The summed E-state index contributed by atoms with van der Waals surface area (Å²) >= 11 is 5.90. The number of halogens is 1. The number of nitrogens with one attached hydrogen (secondary N) is 2. The number of benzene rings is 2. The Morgan fingerprint density at radius 3 is 2.23 bits per heavy atom. The fourth-order valence-electron chi connectivity index (χ4n) is 2.47. The van der Waals surface area contributed by atoms with Gasteiger partial charge < -0.3 is 15.4 Å². The van der Waals surface area contributed by atoms with Gasteiger partial charge in [-0.3, -0.25) is 0 Å². The summed E-state index contributed by atoms with van der Waals surface area (Å²) in [5.41, 5.74) is 2.38. The predicted molar refractivity (Wildman–Crippen MR) is 106 cm³/mol. The molecule has 0 aliphatic rings. The molecule has 3 aromatic rings. The normalized spacial score (nSPS) is 10.4. The molecule has 0 saturated heterocycles. The summed E-state index contributed by atoms with van der Waals surface area (Å²) in [7, 11) is 1.67. The molecule has 6 heteroatoms. The zero-order valence-electron chi connectivity index (χ0n) is 14.6. The lowest BCUT2D eigenvalue weighted by atomic mass is 10.1.